The van der Waals surface area contributed by atoms with Crippen LogP contribution in [0.2, 0.25) is 0 Å². The van der Waals surface area contributed by atoms with Gasteiger partial charge >= 0.3 is 0 Å². The summed E-state index contributed by atoms with van der Waals surface area (Å²) in [7, 11) is 0. The van der Waals surface area contributed by atoms with Crippen LogP contribution < -0.4 is 22.1 Å². The van der Waals surface area contributed by atoms with E-state index in [0.29, 0.717) is 18.3 Å². The molecule has 0 saturated heterocycles. The minimum absolute atomic E-state index is 0.00628. The number of nitrogens with zero attached hydrogens (tertiary/aromatic N) is 3. The summed E-state index contributed by atoms with van der Waals surface area (Å²) in [5, 5.41) is 7.49. The van der Waals surface area contributed by atoms with Gasteiger partial charge in [0.1, 0.15) is 5.82 Å². The van der Waals surface area contributed by atoms with Gasteiger partial charge in [-0.1, -0.05) is 37.3 Å². The molecule has 2 atom stereocenters. The fourth-order valence-electron chi connectivity index (χ4n) is 4.79. The van der Waals surface area contributed by atoms with Crippen LogP contribution in [0, 0.1) is 12.8 Å². The van der Waals surface area contributed by atoms with Crippen LogP contribution in [0.1, 0.15) is 67.5 Å². The molecule has 0 radical (unpaired) electrons. The average Bonchev–Trinajstić information content (AvgIpc) is 3.27. The van der Waals surface area contributed by atoms with Gasteiger partial charge in [0.25, 0.3) is 5.91 Å². The minimum atomic E-state index is -0.221. The van der Waals surface area contributed by atoms with Crippen molar-refractivity contribution in [2.75, 3.05) is 11.9 Å². The molecule has 1 heterocycles. The second-order valence-electron chi connectivity index (χ2n) is 8.93. The van der Waals surface area contributed by atoms with Crippen molar-refractivity contribution in [3.63, 3.8) is 0 Å². The first-order valence-electron chi connectivity index (χ1n) is 11.4. The van der Waals surface area contributed by atoms with Gasteiger partial charge in [0.2, 0.25) is 5.82 Å². The normalized spacial score (nSPS) is 21.7. The molecule has 2 saturated carbocycles. The molecule has 166 valence electrons. The first-order chi connectivity index (χ1) is 15.0. The highest BCUT2D eigenvalue weighted by atomic mass is 16.2. The van der Waals surface area contributed by atoms with Crippen LogP contribution >= 0.6 is 0 Å². The van der Waals surface area contributed by atoms with Gasteiger partial charge in [-0.15, -0.1) is 0 Å². The molecule has 2 aliphatic carbocycles. The monoisotopic (exact) mass is 423 g/mol. The number of hydrogen-bond donors (Lipinski definition) is 4. The van der Waals surface area contributed by atoms with Gasteiger partial charge in [-0.25, -0.2) is 15.0 Å². The summed E-state index contributed by atoms with van der Waals surface area (Å²) >= 11 is 0. The average molecular weight is 424 g/mol. The zero-order valence-corrected chi connectivity index (χ0v) is 18.2. The maximum atomic E-state index is 12.8. The number of anilines is 1. The molecule has 4 rings (SSSR count). The van der Waals surface area contributed by atoms with E-state index in [9.17, 15) is 4.79 Å². The van der Waals surface area contributed by atoms with Gasteiger partial charge in [0.05, 0.1) is 17.6 Å². The molecular weight excluding hydrogens is 390 g/mol. The predicted octanol–water partition coefficient (Wildman–Crippen LogP) is 2.85. The first-order valence-corrected chi connectivity index (χ1v) is 11.4. The van der Waals surface area contributed by atoms with Crippen LogP contribution in [0.4, 0.5) is 5.82 Å². The molecule has 2 aliphatic rings. The summed E-state index contributed by atoms with van der Waals surface area (Å²) < 4.78 is 0. The minimum Gasteiger partial charge on any atom is -0.370 e. The quantitative estimate of drug-likeness (QED) is 0.417. The Kier molecular flexibility index (Phi) is 6.53. The molecule has 1 amide bonds. The summed E-state index contributed by atoms with van der Waals surface area (Å²) in [4.78, 5) is 26.5. The Morgan fingerprint density at radius 1 is 1.10 bits per heavy atom. The zero-order chi connectivity index (χ0) is 21.8. The van der Waals surface area contributed by atoms with Crippen molar-refractivity contribution in [3.8, 4) is 0 Å². The van der Waals surface area contributed by atoms with Crippen molar-refractivity contribution in [3.05, 3.63) is 29.6 Å². The summed E-state index contributed by atoms with van der Waals surface area (Å²) in [5.41, 5.74) is 13.2. The Morgan fingerprint density at radius 3 is 2.61 bits per heavy atom. The lowest BCUT2D eigenvalue weighted by atomic mass is 9.90. The molecule has 0 aliphatic heterocycles. The number of amides is 1. The molecule has 1 aromatic carbocycles. The molecule has 0 unspecified atom stereocenters. The van der Waals surface area contributed by atoms with Crippen LogP contribution in [0.15, 0.2) is 23.2 Å². The Balaban J connectivity index is 1.61. The Labute approximate surface area is 183 Å². The Hall–Kier alpha value is -2.90. The van der Waals surface area contributed by atoms with Crippen LogP contribution in [0.3, 0.4) is 0 Å². The van der Waals surface area contributed by atoms with E-state index < -0.39 is 0 Å². The molecular formula is C23H33N7O. The van der Waals surface area contributed by atoms with Crippen LogP contribution in [0.5, 0.6) is 0 Å². The number of aliphatic imine (C=N–C) groups is 1. The second kappa shape index (κ2) is 9.49. The molecule has 8 nitrogen and oxygen atoms in total. The molecule has 0 spiro atoms. The van der Waals surface area contributed by atoms with E-state index in [1.807, 2.05) is 19.1 Å². The third kappa shape index (κ3) is 5.24. The van der Waals surface area contributed by atoms with Crippen molar-refractivity contribution in [2.45, 2.75) is 70.4 Å². The number of benzene rings is 1. The summed E-state index contributed by atoms with van der Waals surface area (Å²) in [5.74, 6) is 1.32. The van der Waals surface area contributed by atoms with E-state index in [2.05, 4.69) is 31.7 Å². The highest BCUT2D eigenvalue weighted by Crippen LogP contribution is 2.28. The molecule has 0 bridgehead atoms. The number of guanidine groups is 1. The number of nitrogens with one attached hydrogen (secondary N) is 2. The number of nitrogens with two attached hydrogens (primary N) is 2. The molecule has 8 heteroatoms. The van der Waals surface area contributed by atoms with Crippen molar-refractivity contribution in [2.24, 2.45) is 22.4 Å². The second-order valence-corrected chi connectivity index (χ2v) is 8.93. The van der Waals surface area contributed by atoms with E-state index in [-0.39, 0.29) is 29.8 Å². The SMILES string of the molecule is Cc1ccc2nc(C(=O)NCC3CCCC3)nc(N[C@H]3CCCC[C@H]3N=C(N)N)c2c1. The standard InChI is InChI=1S/C23H33N7O/c1-14-10-11-17-16(12-14)20(28-18-8-4-5-9-19(18)29-23(24)25)30-21(27-17)22(31)26-13-15-6-2-3-7-15/h10-12,15,18-19H,2-9,13H2,1H3,(H,26,31)(H4,24,25,29)(H,27,28,30)/t18-,19+/m0/s1. The van der Waals surface area contributed by atoms with E-state index >= 15 is 0 Å². The first kappa shape index (κ1) is 21.3. The van der Waals surface area contributed by atoms with Crippen LogP contribution in [-0.2, 0) is 0 Å². The highest BCUT2D eigenvalue weighted by Gasteiger charge is 2.26. The predicted molar refractivity (Wildman–Crippen MR) is 124 cm³/mol. The fourth-order valence-corrected chi connectivity index (χ4v) is 4.79. The number of carbonyl (C=O) groups is 1. The largest absolute Gasteiger partial charge is 0.370 e. The van der Waals surface area contributed by atoms with Gasteiger partial charge in [-0.2, -0.15) is 0 Å². The van der Waals surface area contributed by atoms with Crippen molar-refractivity contribution in [1.29, 1.82) is 0 Å². The summed E-state index contributed by atoms with van der Waals surface area (Å²) in [6, 6.07) is 6.05. The van der Waals surface area contributed by atoms with Gasteiger partial charge in [-0.05, 0) is 50.7 Å². The van der Waals surface area contributed by atoms with E-state index in [1.165, 1.54) is 25.7 Å². The summed E-state index contributed by atoms with van der Waals surface area (Å²) in [6.45, 7) is 2.72. The topological polar surface area (TPSA) is 131 Å². The number of fused-ring (bicyclic) bond motifs is 1. The number of carbonyl (C=O) groups excluding carboxylic acids is 1. The van der Waals surface area contributed by atoms with E-state index in [4.69, 9.17) is 11.5 Å². The number of aromatic nitrogens is 2. The van der Waals surface area contributed by atoms with E-state index in [1.54, 1.807) is 0 Å². The third-order valence-electron chi connectivity index (χ3n) is 6.45. The zero-order valence-electron chi connectivity index (χ0n) is 18.2. The molecule has 31 heavy (non-hydrogen) atoms. The molecule has 2 fully saturated rings. The van der Waals surface area contributed by atoms with Crippen molar-refractivity contribution >= 4 is 28.6 Å². The number of aryl methyl sites for hydroxylation is 1. The summed E-state index contributed by atoms with van der Waals surface area (Å²) in [6.07, 6.45) is 8.92. The molecule has 2 aromatic rings. The van der Waals surface area contributed by atoms with Crippen LogP contribution in [0.25, 0.3) is 10.9 Å². The lowest BCUT2D eigenvalue weighted by molar-refractivity contribution is 0.0937. The van der Waals surface area contributed by atoms with Crippen LogP contribution in [-0.4, -0.2) is 40.5 Å². The maximum Gasteiger partial charge on any atom is 0.289 e. The number of rotatable bonds is 6. The lowest BCUT2D eigenvalue weighted by Crippen LogP contribution is -2.38. The third-order valence-corrected chi connectivity index (χ3v) is 6.45. The molecule has 6 N–H and O–H groups in total. The lowest BCUT2D eigenvalue weighted by Gasteiger charge is -2.30. The van der Waals surface area contributed by atoms with E-state index in [0.717, 1.165) is 42.1 Å². The van der Waals surface area contributed by atoms with Gasteiger partial charge in [0.15, 0.2) is 5.96 Å². The Morgan fingerprint density at radius 2 is 1.84 bits per heavy atom. The smallest absolute Gasteiger partial charge is 0.289 e. The van der Waals surface area contributed by atoms with Gasteiger partial charge < -0.3 is 22.1 Å². The Bertz CT molecular complexity index is 964. The van der Waals surface area contributed by atoms with Crippen molar-refractivity contribution in [1.82, 2.24) is 15.3 Å². The number of hydrogen-bond acceptors (Lipinski definition) is 5. The van der Waals surface area contributed by atoms with Gasteiger partial charge in [0, 0.05) is 11.9 Å². The van der Waals surface area contributed by atoms with Gasteiger partial charge in [-0.3, -0.25) is 4.79 Å². The highest BCUT2D eigenvalue weighted by molar-refractivity contribution is 5.96. The fraction of sp³-hybridized carbons (Fsp3) is 0.565. The molecule has 1 aromatic heterocycles. The van der Waals surface area contributed by atoms with Crippen molar-refractivity contribution < 1.29 is 4.79 Å². The maximum absolute atomic E-state index is 12.8.